The summed E-state index contributed by atoms with van der Waals surface area (Å²) in [5.41, 5.74) is 1.41. The molecular weight excluding hydrogens is 318 g/mol. The van der Waals surface area contributed by atoms with Crippen LogP contribution in [0.3, 0.4) is 0 Å². The van der Waals surface area contributed by atoms with Crippen molar-refractivity contribution in [2.45, 2.75) is 26.0 Å². The van der Waals surface area contributed by atoms with Crippen molar-refractivity contribution in [3.8, 4) is 0 Å². The maximum Gasteiger partial charge on any atom is 0.129 e. The lowest BCUT2D eigenvalue weighted by molar-refractivity contribution is 0.204. The van der Waals surface area contributed by atoms with Gasteiger partial charge in [0, 0.05) is 12.2 Å². The van der Waals surface area contributed by atoms with Gasteiger partial charge in [0.2, 0.25) is 0 Å². The van der Waals surface area contributed by atoms with Gasteiger partial charge in [-0.25, -0.2) is 4.98 Å². The Bertz CT molecular complexity index is 556. The van der Waals surface area contributed by atoms with E-state index in [1.165, 1.54) is 0 Å². The number of nitrogens with zero attached hydrogens (tertiary/aromatic N) is 3. The molecule has 0 aliphatic carbocycles. The molecule has 0 aliphatic heterocycles. The van der Waals surface area contributed by atoms with Crippen molar-refractivity contribution in [2.75, 3.05) is 0 Å². The molecule has 1 unspecified atom stereocenters. The molecule has 0 aromatic carbocycles. The fraction of sp³-hybridized carbons (Fsp3) is 0.333. The number of hydrogen-bond acceptors (Lipinski definition) is 3. The summed E-state index contributed by atoms with van der Waals surface area (Å²) < 4.78 is 2.56. The first-order valence-corrected chi connectivity index (χ1v) is 6.70. The highest BCUT2D eigenvalue weighted by Gasteiger charge is 2.21. The summed E-state index contributed by atoms with van der Waals surface area (Å²) in [6, 6.07) is 3.55. The number of rotatable bonds is 3. The molecule has 1 atom stereocenters. The Hall–Kier alpha value is -0.910. The van der Waals surface area contributed by atoms with Gasteiger partial charge in [0.25, 0.3) is 0 Å². The first-order valence-electron chi connectivity index (χ1n) is 5.53. The Morgan fingerprint density at radius 1 is 1.44 bits per heavy atom. The van der Waals surface area contributed by atoms with Crippen LogP contribution in [-0.2, 0) is 0 Å². The van der Waals surface area contributed by atoms with Gasteiger partial charge < -0.3 is 5.11 Å². The molecule has 2 rings (SSSR count). The SMILES string of the molecule is CC(C)n1ncc(Br)c1C(O)c1ccnc(Cl)c1. The van der Waals surface area contributed by atoms with Crippen LogP contribution in [-0.4, -0.2) is 19.9 Å². The zero-order chi connectivity index (χ0) is 13.3. The molecule has 0 amide bonds. The van der Waals surface area contributed by atoms with Crippen molar-refractivity contribution in [3.63, 3.8) is 0 Å². The van der Waals surface area contributed by atoms with E-state index < -0.39 is 6.10 Å². The molecule has 6 heteroatoms. The van der Waals surface area contributed by atoms with Gasteiger partial charge in [0.15, 0.2) is 0 Å². The lowest BCUT2D eigenvalue weighted by Crippen LogP contribution is -2.12. The van der Waals surface area contributed by atoms with Gasteiger partial charge in [0.05, 0.1) is 16.4 Å². The standard InChI is InChI=1S/C12H13BrClN3O/c1-7(2)17-11(9(13)6-16-17)12(18)8-3-4-15-10(14)5-8/h3-7,12,18H,1-2H3. The van der Waals surface area contributed by atoms with E-state index in [0.29, 0.717) is 16.4 Å². The van der Waals surface area contributed by atoms with Crippen LogP contribution in [0.15, 0.2) is 29.0 Å². The Morgan fingerprint density at radius 2 is 2.17 bits per heavy atom. The van der Waals surface area contributed by atoms with E-state index in [1.807, 2.05) is 13.8 Å². The molecule has 2 heterocycles. The normalized spacial score (nSPS) is 13.0. The van der Waals surface area contributed by atoms with Gasteiger partial charge in [-0.05, 0) is 47.5 Å². The molecule has 2 aromatic heterocycles. The topological polar surface area (TPSA) is 50.9 Å². The maximum absolute atomic E-state index is 10.4. The Labute approximate surface area is 119 Å². The molecule has 0 radical (unpaired) electrons. The average molecular weight is 331 g/mol. The predicted octanol–water partition coefficient (Wildman–Crippen LogP) is 3.36. The van der Waals surface area contributed by atoms with Crippen LogP contribution in [0.25, 0.3) is 0 Å². The molecule has 0 spiro atoms. The van der Waals surface area contributed by atoms with E-state index in [9.17, 15) is 5.11 Å². The molecule has 0 aliphatic rings. The smallest absolute Gasteiger partial charge is 0.129 e. The second-order valence-electron chi connectivity index (χ2n) is 4.23. The van der Waals surface area contributed by atoms with Gasteiger partial charge in [-0.1, -0.05) is 11.6 Å². The van der Waals surface area contributed by atoms with Crippen molar-refractivity contribution < 1.29 is 5.11 Å². The molecule has 2 aromatic rings. The van der Waals surface area contributed by atoms with Gasteiger partial charge in [-0.2, -0.15) is 5.10 Å². The summed E-state index contributed by atoms with van der Waals surface area (Å²) in [6.07, 6.45) is 2.47. The Morgan fingerprint density at radius 3 is 2.78 bits per heavy atom. The van der Waals surface area contributed by atoms with E-state index in [2.05, 4.69) is 26.0 Å². The first-order chi connectivity index (χ1) is 8.50. The molecule has 0 fully saturated rings. The summed E-state index contributed by atoms with van der Waals surface area (Å²) in [5, 5.41) is 15.0. The van der Waals surface area contributed by atoms with Crippen LogP contribution in [0.2, 0.25) is 5.15 Å². The molecule has 0 bridgehead atoms. The lowest BCUT2D eigenvalue weighted by Gasteiger charge is -2.17. The average Bonchev–Trinajstić information content (AvgIpc) is 2.70. The Balaban J connectivity index is 2.45. The predicted molar refractivity (Wildman–Crippen MR) is 73.6 cm³/mol. The van der Waals surface area contributed by atoms with Crippen LogP contribution in [0, 0.1) is 0 Å². The highest BCUT2D eigenvalue weighted by Crippen LogP contribution is 2.30. The monoisotopic (exact) mass is 329 g/mol. The van der Waals surface area contributed by atoms with Gasteiger partial charge in [-0.3, -0.25) is 4.68 Å². The third-order valence-electron chi connectivity index (χ3n) is 2.60. The number of halogens is 2. The van der Waals surface area contributed by atoms with E-state index in [0.717, 1.165) is 4.47 Å². The van der Waals surface area contributed by atoms with E-state index in [4.69, 9.17) is 11.6 Å². The maximum atomic E-state index is 10.4. The Kier molecular flexibility index (Phi) is 4.04. The minimum atomic E-state index is -0.787. The summed E-state index contributed by atoms with van der Waals surface area (Å²) >= 11 is 9.25. The molecule has 18 heavy (non-hydrogen) atoms. The summed E-state index contributed by atoms with van der Waals surface area (Å²) in [5.74, 6) is 0. The van der Waals surface area contributed by atoms with Gasteiger partial charge >= 0.3 is 0 Å². The van der Waals surface area contributed by atoms with Crippen molar-refractivity contribution in [1.29, 1.82) is 0 Å². The largest absolute Gasteiger partial charge is 0.382 e. The third kappa shape index (κ3) is 2.58. The molecule has 0 saturated carbocycles. The zero-order valence-electron chi connectivity index (χ0n) is 10.0. The second kappa shape index (κ2) is 5.38. The number of aliphatic hydroxyl groups is 1. The molecular formula is C12H13BrClN3O. The number of hydrogen-bond donors (Lipinski definition) is 1. The van der Waals surface area contributed by atoms with Gasteiger partial charge in [-0.15, -0.1) is 0 Å². The molecule has 96 valence electrons. The fourth-order valence-electron chi connectivity index (χ4n) is 1.76. The van der Waals surface area contributed by atoms with Crippen molar-refractivity contribution in [2.24, 2.45) is 0 Å². The van der Waals surface area contributed by atoms with Crippen LogP contribution in [0.1, 0.15) is 37.3 Å². The van der Waals surface area contributed by atoms with Crippen LogP contribution in [0.5, 0.6) is 0 Å². The number of aromatic nitrogens is 3. The highest BCUT2D eigenvalue weighted by molar-refractivity contribution is 9.10. The first kappa shape index (κ1) is 13.5. The van der Waals surface area contributed by atoms with Crippen LogP contribution < -0.4 is 0 Å². The number of aliphatic hydroxyl groups excluding tert-OH is 1. The van der Waals surface area contributed by atoms with E-state index in [1.54, 1.807) is 29.2 Å². The summed E-state index contributed by atoms with van der Waals surface area (Å²) in [4.78, 5) is 3.90. The van der Waals surface area contributed by atoms with Crippen molar-refractivity contribution in [1.82, 2.24) is 14.8 Å². The molecule has 4 nitrogen and oxygen atoms in total. The minimum Gasteiger partial charge on any atom is -0.382 e. The highest BCUT2D eigenvalue weighted by atomic mass is 79.9. The van der Waals surface area contributed by atoms with E-state index >= 15 is 0 Å². The van der Waals surface area contributed by atoms with Crippen molar-refractivity contribution in [3.05, 3.63) is 45.4 Å². The van der Waals surface area contributed by atoms with Crippen molar-refractivity contribution >= 4 is 27.5 Å². The summed E-state index contributed by atoms with van der Waals surface area (Å²) in [6.45, 7) is 4.02. The second-order valence-corrected chi connectivity index (χ2v) is 5.47. The third-order valence-corrected chi connectivity index (χ3v) is 3.42. The lowest BCUT2D eigenvalue weighted by atomic mass is 10.1. The number of pyridine rings is 1. The molecule has 0 saturated heterocycles. The molecule has 1 N–H and O–H groups in total. The fourth-order valence-corrected chi connectivity index (χ4v) is 2.44. The quantitative estimate of drug-likeness (QED) is 0.878. The minimum absolute atomic E-state index is 0.165. The van der Waals surface area contributed by atoms with Crippen LogP contribution in [0.4, 0.5) is 0 Å². The zero-order valence-corrected chi connectivity index (χ0v) is 12.4. The summed E-state index contributed by atoms with van der Waals surface area (Å²) in [7, 11) is 0. The van der Waals surface area contributed by atoms with Crippen LogP contribution >= 0.6 is 27.5 Å². The van der Waals surface area contributed by atoms with E-state index in [-0.39, 0.29) is 6.04 Å². The van der Waals surface area contributed by atoms with Gasteiger partial charge in [0.1, 0.15) is 11.3 Å².